The maximum atomic E-state index is 12.3. The molecule has 0 amide bonds. The third-order valence-electron chi connectivity index (χ3n) is 2.85. The van der Waals surface area contributed by atoms with Crippen molar-refractivity contribution in [3.05, 3.63) is 63.6 Å². The number of nitrogens with two attached hydrogens (primary N) is 1. The van der Waals surface area contributed by atoms with Gasteiger partial charge in [0.2, 0.25) is 0 Å². The molecule has 0 bridgehead atoms. The summed E-state index contributed by atoms with van der Waals surface area (Å²) in [5.41, 5.74) is 7.50. The van der Waals surface area contributed by atoms with Crippen LogP contribution in [0.3, 0.4) is 0 Å². The molecule has 4 nitrogen and oxygen atoms in total. The van der Waals surface area contributed by atoms with E-state index in [0.29, 0.717) is 22.4 Å². The van der Waals surface area contributed by atoms with E-state index in [0.717, 1.165) is 4.47 Å². The molecule has 102 valence electrons. The number of aliphatic carboxylic acids is 1. The van der Waals surface area contributed by atoms with Gasteiger partial charge in [-0.25, -0.2) is 0 Å². The van der Waals surface area contributed by atoms with E-state index in [1.165, 1.54) is 6.07 Å². The van der Waals surface area contributed by atoms with Crippen LogP contribution in [0.5, 0.6) is 0 Å². The molecule has 0 radical (unpaired) electrons. The monoisotopic (exact) mass is 333 g/mol. The summed E-state index contributed by atoms with van der Waals surface area (Å²) in [5, 5.41) is 8.82. The molecule has 5 heteroatoms. The van der Waals surface area contributed by atoms with Crippen molar-refractivity contribution in [1.82, 2.24) is 0 Å². The Bertz CT molecular complexity index is 665. The number of anilines is 1. The summed E-state index contributed by atoms with van der Waals surface area (Å²) < 4.78 is 0.887. The second-order valence-electron chi connectivity index (χ2n) is 4.32. The van der Waals surface area contributed by atoms with E-state index in [4.69, 9.17) is 10.8 Å². The minimum absolute atomic E-state index is 0.163. The normalized spacial score (nSPS) is 10.2. The third kappa shape index (κ3) is 3.24. The maximum absolute atomic E-state index is 12.3. The van der Waals surface area contributed by atoms with Gasteiger partial charge in [-0.15, -0.1) is 0 Å². The molecule has 0 heterocycles. The average molecular weight is 334 g/mol. The Kier molecular flexibility index (Phi) is 4.20. The smallest absolute Gasteiger partial charge is 0.307 e. The van der Waals surface area contributed by atoms with Gasteiger partial charge in [0.1, 0.15) is 0 Å². The minimum Gasteiger partial charge on any atom is -0.481 e. The van der Waals surface area contributed by atoms with Gasteiger partial charge in [-0.2, -0.15) is 0 Å². The predicted molar refractivity (Wildman–Crippen MR) is 79.8 cm³/mol. The lowest BCUT2D eigenvalue weighted by Gasteiger charge is -2.07. The van der Waals surface area contributed by atoms with Gasteiger partial charge in [0.25, 0.3) is 0 Å². The third-order valence-corrected chi connectivity index (χ3v) is 3.38. The van der Waals surface area contributed by atoms with Crippen molar-refractivity contribution in [3.8, 4) is 0 Å². The Morgan fingerprint density at radius 2 is 1.65 bits per heavy atom. The van der Waals surface area contributed by atoms with Crippen molar-refractivity contribution in [3.63, 3.8) is 0 Å². The molecule has 0 aromatic heterocycles. The molecule has 0 spiro atoms. The zero-order chi connectivity index (χ0) is 14.7. The van der Waals surface area contributed by atoms with E-state index in [2.05, 4.69) is 15.9 Å². The van der Waals surface area contributed by atoms with Gasteiger partial charge in [-0.05, 0) is 48.0 Å². The molecule has 2 aromatic carbocycles. The van der Waals surface area contributed by atoms with Crippen LogP contribution in [-0.2, 0) is 11.2 Å². The fourth-order valence-corrected chi connectivity index (χ4v) is 2.10. The lowest BCUT2D eigenvalue weighted by molar-refractivity contribution is -0.136. The van der Waals surface area contributed by atoms with E-state index >= 15 is 0 Å². The second-order valence-corrected chi connectivity index (χ2v) is 5.24. The number of halogens is 1. The van der Waals surface area contributed by atoms with E-state index in [1.807, 2.05) is 0 Å². The van der Waals surface area contributed by atoms with Gasteiger partial charge in [-0.1, -0.05) is 15.9 Å². The first kappa shape index (κ1) is 14.3. The zero-order valence-electron chi connectivity index (χ0n) is 10.5. The number of hydrogen-bond acceptors (Lipinski definition) is 3. The average Bonchev–Trinajstić information content (AvgIpc) is 2.41. The number of rotatable bonds is 4. The summed E-state index contributed by atoms with van der Waals surface area (Å²) >= 11 is 3.31. The molecule has 2 rings (SSSR count). The largest absolute Gasteiger partial charge is 0.481 e. The number of nitrogen functional groups attached to an aromatic ring is 1. The molecule has 0 saturated carbocycles. The number of carboxylic acid groups (broad SMARTS) is 1. The van der Waals surface area contributed by atoms with Gasteiger partial charge in [-0.3, -0.25) is 9.59 Å². The quantitative estimate of drug-likeness (QED) is 0.665. The molecule has 0 aliphatic rings. The second kappa shape index (κ2) is 5.88. The molecule has 0 unspecified atom stereocenters. The summed E-state index contributed by atoms with van der Waals surface area (Å²) in [6.07, 6.45) is -0.201. The number of hydrogen-bond donors (Lipinski definition) is 2. The van der Waals surface area contributed by atoms with Gasteiger partial charge in [0.15, 0.2) is 5.78 Å². The molecule has 0 aliphatic heterocycles. The van der Waals surface area contributed by atoms with Crippen LogP contribution in [0.25, 0.3) is 0 Å². The summed E-state index contributed by atoms with van der Waals surface area (Å²) in [7, 11) is 0. The highest BCUT2D eigenvalue weighted by Gasteiger charge is 2.12. The summed E-state index contributed by atoms with van der Waals surface area (Å²) in [5.74, 6) is -1.14. The molecular weight excluding hydrogens is 322 g/mol. The van der Waals surface area contributed by atoms with Crippen molar-refractivity contribution < 1.29 is 14.7 Å². The van der Waals surface area contributed by atoms with Crippen LogP contribution >= 0.6 is 15.9 Å². The van der Waals surface area contributed by atoms with E-state index in [9.17, 15) is 9.59 Å². The molecule has 3 N–H and O–H groups in total. The Balaban J connectivity index is 2.35. The van der Waals surface area contributed by atoms with Crippen LogP contribution in [0.2, 0.25) is 0 Å². The van der Waals surface area contributed by atoms with Crippen LogP contribution in [0.15, 0.2) is 46.9 Å². The van der Waals surface area contributed by atoms with Gasteiger partial charge in [0.05, 0.1) is 6.42 Å². The lowest BCUT2D eigenvalue weighted by atomic mass is 9.99. The first-order valence-corrected chi connectivity index (χ1v) is 6.67. The molecule has 20 heavy (non-hydrogen) atoms. The van der Waals surface area contributed by atoms with Crippen LogP contribution in [0.4, 0.5) is 5.69 Å². The number of carbonyl (C=O) groups excluding carboxylic acids is 1. The lowest BCUT2D eigenvalue weighted by Crippen LogP contribution is -2.07. The fraction of sp³-hybridized carbons (Fsp3) is 0.0667. The van der Waals surface area contributed by atoms with Crippen LogP contribution in [0.1, 0.15) is 21.5 Å². The Labute approximate surface area is 124 Å². The molecule has 0 fully saturated rings. The molecule has 2 aromatic rings. The highest BCUT2D eigenvalue weighted by Crippen LogP contribution is 2.19. The zero-order valence-corrected chi connectivity index (χ0v) is 12.1. The SMILES string of the molecule is Nc1ccc(C(=O)c2ccc(Br)cc2)cc1CC(=O)O. The van der Waals surface area contributed by atoms with Crippen LogP contribution in [0, 0.1) is 0 Å². The maximum Gasteiger partial charge on any atom is 0.307 e. The fourth-order valence-electron chi connectivity index (χ4n) is 1.83. The molecule has 0 aliphatic carbocycles. The highest BCUT2D eigenvalue weighted by molar-refractivity contribution is 9.10. The van der Waals surface area contributed by atoms with Gasteiger partial charge in [0, 0.05) is 21.3 Å². The highest BCUT2D eigenvalue weighted by atomic mass is 79.9. The van der Waals surface area contributed by atoms with Crippen molar-refractivity contribution >= 4 is 33.4 Å². The van der Waals surface area contributed by atoms with Crippen LogP contribution in [-0.4, -0.2) is 16.9 Å². The first-order chi connectivity index (χ1) is 9.47. The van der Waals surface area contributed by atoms with Crippen molar-refractivity contribution in [2.24, 2.45) is 0 Å². The number of carbonyl (C=O) groups is 2. The molecular formula is C15H12BrNO3. The minimum atomic E-state index is -0.982. The van der Waals surface area contributed by atoms with Gasteiger partial charge < -0.3 is 10.8 Å². The summed E-state index contributed by atoms with van der Waals surface area (Å²) in [6.45, 7) is 0. The Morgan fingerprint density at radius 1 is 1.05 bits per heavy atom. The predicted octanol–water partition coefficient (Wildman–Crippen LogP) is 2.89. The van der Waals surface area contributed by atoms with Gasteiger partial charge >= 0.3 is 5.97 Å². The standard InChI is InChI=1S/C15H12BrNO3/c16-12-4-1-9(2-5-12)15(20)10-3-6-13(17)11(7-10)8-14(18)19/h1-7H,8,17H2,(H,18,19). The summed E-state index contributed by atoms with van der Waals surface area (Å²) in [4.78, 5) is 23.1. The Morgan fingerprint density at radius 3 is 2.25 bits per heavy atom. The van der Waals surface area contributed by atoms with Crippen LogP contribution < -0.4 is 5.73 Å². The number of benzene rings is 2. The van der Waals surface area contributed by atoms with E-state index in [1.54, 1.807) is 36.4 Å². The molecule has 0 saturated heterocycles. The number of ketones is 1. The first-order valence-electron chi connectivity index (χ1n) is 5.88. The van der Waals surface area contributed by atoms with E-state index < -0.39 is 5.97 Å². The van der Waals surface area contributed by atoms with E-state index in [-0.39, 0.29) is 12.2 Å². The summed E-state index contributed by atoms with van der Waals surface area (Å²) in [6, 6.07) is 11.7. The van der Waals surface area contributed by atoms with Crippen molar-refractivity contribution in [1.29, 1.82) is 0 Å². The van der Waals surface area contributed by atoms with Crippen molar-refractivity contribution in [2.45, 2.75) is 6.42 Å². The topological polar surface area (TPSA) is 80.4 Å². The molecule has 0 atom stereocenters. The number of carboxylic acids is 1. The Hall–Kier alpha value is -2.14. The van der Waals surface area contributed by atoms with Crippen molar-refractivity contribution in [2.75, 3.05) is 5.73 Å².